The Hall–Kier alpha value is -3.09. The summed E-state index contributed by atoms with van der Waals surface area (Å²) < 4.78 is 10.3. The van der Waals surface area contributed by atoms with Crippen molar-refractivity contribution in [3.05, 3.63) is 63.7 Å². The number of esters is 1. The number of rotatable bonds is 5. The van der Waals surface area contributed by atoms with Crippen LogP contribution in [0.25, 0.3) is 0 Å². The minimum absolute atomic E-state index is 0.00101. The molecule has 0 saturated carbocycles. The van der Waals surface area contributed by atoms with Crippen LogP contribution >= 0.6 is 0 Å². The van der Waals surface area contributed by atoms with Gasteiger partial charge < -0.3 is 15.2 Å². The average molecular weight is 302 g/mol. The van der Waals surface area contributed by atoms with Crippen LogP contribution in [0.5, 0.6) is 5.75 Å². The first kappa shape index (κ1) is 15.3. The quantitative estimate of drug-likeness (QED) is 0.394. The third-order valence-electron chi connectivity index (χ3n) is 3.01. The minimum atomic E-state index is -0.672. The maximum Gasteiger partial charge on any atom is 0.338 e. The summed E-state index contributed by atoms with van der Waals surface area (Å²) in [6.07, 6.45) is 0. The minimum Gasteiger partial charge on any atom is -0.496 e. The molecule has 7 heteroatoms. The van der Waals surface area contributed by atoms with E-state index in [1.165, 1.54) is 19.2 Å². The van der Waals surface area contributed by atoms with E-state index in [4.69, 9.17) is 15.2 Å². The second-order valence-electron chi connectivity index (χ2n) is 4.42. The zero-order chi connectivity index (χ0) is 16.1. The van der Waals surface area contributed by atoms with Crippen molar-refractivity contribution < 1.29 is 19.2 Å². The summed E-state index contributed by atoms with van der Waals surface area (Å²) in [6, 6.07) is 10.9. The van der Waals surface area contributed by atoms with Crippen LogP contribution in [-0.4, -0.2) is 18.0 Å². The largest absolute Gasteiger partial charge is 0.496 e. The summed E-state index contributed by atoms with van der Waals surface area (Å²) in [7, 11) is 1.52. The molecule has 0 aliphatic heterocycles. The molecule has 0 aliphatic rings. The Morgan fingerprint density at radius 2 is 2.00 bits per heavy atom. The number of ether oxygens (including phenoxy) is 2. The second kappa shape index (κ2) is 6.57. The van der Waals surface area contributed by atoms with Gasteiger partial charge >= 0.3 is 5.97 Å². The number of para-hydroxylation sites is 1. The molecule has 0 unspecified atom stereocenters. The number of hydrogen-bond donors (Lipinski definition) is 1. The highest BCUT2D eigenvalue weighted by Crippen LogP contribution is 2.23. The molecule has 0 bridgehead atoms. The molecule has 2 aromatic carbocycles. The van der Waals surface area contributed by atoms with Crippen molar-refractivity contribution in [3.63, 3.8) is 0 Å². The van der Waals surface area contributed by atoms with E-state index in [0.29, 0.717) is 11.3 Å². The summed E-state index contributed by atoms with van der Waals surface area (Å²) >= 11 is 0. The van der Waals surface area contributed by atoms with Crippen LogP contribution in [0, 0.1) is 10.1 Å². The zero-order valence-electron chi connectivity index (χ0n) is 11.8. The van der Waals surface area contributed by atoms with Crippen molar-refractivity contribution in [2.75, 3.05) is 12.8 Å². The number of anilines is 1. The highest BCUT2D eigenvalue weighted by atomic mass is 16.6. The van der Waals surface area contributed by atoms with Crippen LogP contribution in [0.3, 0.4) is 0 Å². The van der Waals surface area contributed by atoms with E-state index in [9.17, 15) is 14.9 Å². The first-order chi connectivity index (χ1) is 10.5. The van der Waals surface area contributed by atoms with E-state index in [0.717, 1.165) is 6.07 Å². The lowest BCUT2D eigenvalue weighted by Crippen LogP contribution is -2.07. The molecule has 0 amide bonds. The molecule has 22 heavy (non-hydrogen) atoms. The molecule has 2 N–H and O–H groups in total. The summed E-state index contributed by atoms with van der Waals surface area (Å²) in [5, 5.41) is 10.8. The monoisotopic (exact) mass is 302 g/mol. The maximum atomic E-state index is 12.0. The van der Waals surface area contributed by atoms with Gasteiger partial charge in [-0.15, -0.1) is 0 Å². The van der Waals surface area contributed by atoms with Gasteiger partial charge in [0.15, 0.2) is 0 Å². The lowest BCUT2D eigenvalue weighted by Gasteiger charge is -2.09. The van der Waals surface area contributed by atoms with Gasteiger partial charge in [0, 0.05) is 11.6 Å². The van der Waals surface area contributed by atoms with Crippen LogP contribution in [0.4, 0.5) is 11.4 Å². The van der Waals surface area contributed by atoms with E-state index < -0.39 is 10.9 Å². The lowest BCUT2D eigenvalue weighted by atomic mass is 10.1. The van der Waals surface area contributed by atoms with E-state index in [-0.39, 0.29) is 23.5 Å². The number of nitrogens with two attached hydrogens (primary N) is 1. The van der Waals surface area contributed by atoms with Gasteiger partial charge in [-0.1, -0.05) is 18.2 Å². The van der Waals surface area contributed by atoms with Crippen molar-refractivity contribution in [2.24, 2.45) is 0 Å². The Kier molecular flexibility index (Phi) is 4.57. The molecule has 0 heterocycles. The van der Waals surface area contributed by atoms with E-state index in [2.05, 4.69) is 0 Å². The number of benzene rings is 2. The van der Waals surface area contributed by atoms with Crippen molar-refractivity contribution >= 4 is 17.3 Å². The van der Waals surface area contributed by atoms with Crippen LogP contribution in [-0.2, 0) is 11.3 Å². The zero-order valence-corrected chi connectivity index (χ0v) is 11.8. The fourth-order valence-corrected chi connectivity index (χ4v) is 1.88. The standard InChI is InChI=1S/C15H14N2O5/c1-21-14-5-3-2-4-11(14)9-22-15(18)10-6-7-12(16)13(8-10)17(19)20/h2-8H,9,16H2,1H3. The average Bonchev–Trinajstić information content (AvgIpc) is 2.53. The van der Waals surface area contributed by atoms with Gasteiger partial charge in [0.2, 0.25) is 0 Å². The molecule has 114 valence electrons. The van der Waals surface area contributed by atoms with Crippen molar-refractivity contribution in [1.82, 2.24) is 0 Å². The number of carbonyl (C=O) groups excluding carboxylic acids is 1. The maximum absolute atomic E-state index is 12.0. The molecule has 0 radical (unpaired) electrons. The van der Waals surface area contributed by atoms with E-state index >= 15 is 0 Å². The SMILES string of the molecule is COc1ccccc1COC(=O)c1ccc(N)c([N+](=O)[O-])c1. The number of methoxy groups -OCH3 is 1. The number of nitro groups is 1. The molecule has 2 aromatic rings. The van der Waals surface area contributed by atoms with Crippen molar-refractivity contribution in [2.45, 2.75) is 6.61 Å². The number of hydrogen-bond acceptors (Lipinski definition) is 6. The summed E-state index contributed by atoms with van der Waals surface area (Å²) in [6.45, 7) is 0.00101. The Bertz CT molecular complexity index is 715. The first-order valence-corrected chi connectivity index (χ1v) is 6.36. The first-order valence-electron chi connectivity index (χ1n) is 6.36. The molecule has 0 atom stereocenters. The summed E-state index contributed by atoms with van der Waals surface area (Å²) in [4.78, 5) is 22.1. The lowest BCUT2D eigenvalue weighted by molar-refractivity contribution is -0.383. The fraction of sp³-hybridized carbons (Fsp3) is 0.133. The van der Waals surface area contributed by atoms with Gasteiger partial charge in [-0.3, -0.25) is 10.1 Å². The third kappa shape index (κ3) is 3.32. The van der Waals surface area contributed by atoms with Gasteiger partial charge in [0.25, 0.3) is 5.69 Å². The predicted octanol–water partition coefficient (Wildman–Crippen LogP) is 2.54. The van der Waals surface area contributed by atoms with Crippen LogP contribution in [0.15, 0.2) is 42.5 Å². The van der Waals surface area contributed by atoms with Crippen molar-refractivity contribution in [1.29, 1.82) is 0 Å². The third-order valence-corrected chi connectivity index (χ3v) is 3.01. The van der Waals surface area contributed by atoms with E-state index in [1.807, 2.05) is 0 Å². The van der Waals surface area contributed by atoms with Crippen molar-refractivity contribution in [3.8, 4) is 5.75 Å². The number of carbonyl (C=O) groups is 1. The molecule has 2 rings (SSSR count). The molecule has 0 saturated heterocycles. The van der Waals surface area contributed by atoms with E-state index in [1.54, 1.807) is 24.3 Å². The normalized spacial score (nSPS) is 10.0. The Morgan fingerprint density at radius 3 is 2.68 bits per heavy atom. The Morgan fingerprint density at radius 1 is 1.27 bits per heavy atom. The van der Waals surface area contributed by atoms with Gasteiger partial charge in [0.1, 0.15) is 18.0 Å². The van der Waals surface area contributed by atoms with Gasteiger partial charge in [0.05, 0.1) is 17.6 Å². The topological polar surface area (TPSA) is 105 Å². The fourth-order valence-electron chi connectivity index (χ4n) is 1.88. The smallest absolute Gasteiger partial charge is 0.338 e. The molecule has 0 aliphatic carbocycles. The molecule has 7 nitrogen and oxygen atoms in total. The van der Waals surface area contributed by atoms with Gasteiger partial charge in [-0.2, -0.15) is 0 Å². The highest BCUT2D eigenvalue weighted by Gasteiger charge is 2.17. The highest BCUT2D eigenvalue weighted by molar-refractivity contribution is 5.91. The summed E-state index contributed by atoms with van der Waals surface area (Å²) in [5.41, 5.74) is 5.91. The van der Waals surface area contributed by atoms with Crippen LogP contribution in [0.2, 0.25) is 0 Å². The number of nitrogen functional groups attached to an aromatic ring is 1. The number of nitrogens with zero attached hydrogens (tertiary/aromatic N) is 1. The molecule has 0 spiro atoms. The van der Waals surface area contributed by atoms with Crippen LogP contribution < -0.4 is 10.5 Å². The molecular weight excluding hydrogens is 288 g/mol. The van der Waals surface area contributed by atoms with Gasteiger partial charge in [-0.05, 0) is 18.2 Å². The molecule has 0 aromatic heterocycles. The molecule has 0 fully saturated rings. The van der Waals surface area contributed by atoms with Gasteiger partial charge in [-0.25, -0.2) is 4.79 Å². The predicted molar refractivity (Wildman–Crippen MR) is 79.6 cm³/mol. The summed E-state index contributed by atoms with van der Waals surface area (Å²) in [5.74, 6) is -0.0763. The molecular formula is C15H14N2O5. The van der Waals surface area contributed by atoms with Crippen LogP contribution in [0.1, 0.15) is 15.9 Å². The Labute approximate surface area is 126 Å². The number of nitro benzene ring substituents is 1. The second-order valence-corrected chi connectivity index (χ2v) is 4.42. The Balaban J connectivity index is 2.13.